The van der Waals surface area contributed by atoms with Crippen LogP contribution in [0.5, 0.6) is 5.75 Å². The quantitative estimate of drug-likeness (QED) is 0.876. The first-order valence-corrected chi connectivity index (χ1v) is 5.87. The van der Waals surface area contributed by atoms with E-state index in [0.717, 1.165) is 0 Å². The van der Waals surface area contributed by atoms with E-state index in [1.807, 2.05) is 0 Å². The van der Waals surface area contributed by atoms with Gasteiger partial charge in [-0.05, 0) is 36.4 Å². The van der Waals surface area contributed by atoms with Crippen LogP contribution in [0, 0.1) is 0 Å². The summed E-state index contributed by atoms with van der Waals surface area (Å²) < 4.78 is 0. The second-order valence-electron chi connectivity index (χ2n) is 3.63. The van der Waals surface area contributed by atoms with Crippen LogP contribution in [0.3, 0.4) is 0 Å². The number of amides is 1. The minimum absolute atomic E-state index is 0.0593. The van der Waals surface area contributed by atoms with Gasteiger partial charge in [-0.2, -0.15) is 0 Å². The third-order valence-electron chi connectivity index (χ3n) is 2.29. The van der Waals surface area contributed by atoms with E-state index >= 15 is 0 Å². The van der Waals surface area contributed by atoms with Crippen molar-refractivity contribution in [3.8, 4) is 5.75 Å². The molecule has 18 heavy (non-hydrogen) atoms. The second kappa shape index (κ2) is 5.29. The molecule has 0 aliphatic carbocycles. The minimum Gasteiger partial charge on any atom is -0.506 e. The van der Waals surface area contributed by atoms with Crippen LogP contribution in [0.1, 0.15) is 10.4 Å². The minimum atomic E-state index is -0.320. The van der Waals surface area contributed by atoms with Gasteiger partial charge >= 0.3 is 0 Å². The van der Waals surface area contributed by atoms with Crippen molar-refractivity contribution in [3.63, 3.8) is 0 Å². The first-order valence-electron chi connectivity index (χ1n) is 5.12. The van der Waals surface area contributed by atoms with Crippen molar-refractivity contribution in [2.75, 3.05) is 5.32 Å². The van der Waals surface area contributed by atoms with Crippen LogP contribution in [-0.2, 0) is 0 Å². The molecular formula is C13H9Cl2NO2. The van der Waals surface area contributed by atoms with Crippen molar-refractivity contribution in [1.82, 2.24) is 0 Å². The number of phenols is 1. The fourth-order valence-electron chi connectivity index (χ4n) is 1.42. The number of nitrogens with one attached hydrogen (secondary N) is 1. The predicted octanol–water partition coefficient (Wildman–Crippen LogP) is 3.95. The molecule has 1 amide bonds. The van der Waals surface area contributed by atoms with Crippen molar-refractivity contribution in [2.24, 2.45) is 0 Å². The van der Waals surface area contributed by atoms with Gasteiger partial charge in [0.1, 0.15) is 5.75 Å². The Hall–Kier alpha value is -1.71. The van der Waals surface area contributed by atoms with Gasteiger partial charge < -0.3 is 10.4 Å². The van der Waals surface area contributed by atoms with Crippen molar-refractivity contribution >= 4 is 34.8 Å². The molecule has 0 aliphatic heterocycles. The van der Waals surface area contributed by atoms with Gasteiger partial charge in [-0.15, -0.1) is 0 Å². The Morgan fingerprint density at radius 2 is 1.89 bits per heavy atom. The summed E-state index contributed by atoms with van der Waals surface area (Å²) in [5.74, 6) is -0.380. The summed E-state index contributed by atoms with van der Waals surface area (Å²) >= 11 is 11.5. The van der Waals surface area contributed by atoms with Gasteiger partial charge in [-0.1, -0.05) is 29.3 Å². The molecule has 0 radical (unpaired) electrons. The zero-order chi connectivity index (χ0) is 13.1. The number of anilines is 1. The van der Waals surface area contributed by atoms with Crippen LogP contribution in [0.25, 0.3) is 0 Å². The summed E-state index contributed by atoms with van der Waals surface area (Å²) in [6.45, 7) is 0. The van der Waals surface area contributed by atoms with E-state index in [9.17, 15) is 9.90 Å². The first-order chi connectivity index (χ1) is 8.56. The molecular weight excluding hydrogens is 273 g/mol. The highest BCUT2D eigenvalue weighted by Gasteiger charge is 2.08. The number of aromatic hydroxyl groups is 1. The van der Waals surface area contributed by atoms with Gasteiger partial charge in [0.05, 0.1) is 5.02 Å². The van der Waals surface area contributed by atoms with E-state index in [0.29, 0.717) is 16.3 Å². The molecule has 0 atom stereocenters. The summed E-state index contributed by atoms with van der Waals surface area (Å²) in [5.41, 5.74) is 0.953. The Balaban J connectivity index is 2.19. The Kier molecular flexibility index (Phi) is 3.75. The maximum absolute atomic E-state index is 11.9. The lowest BCUT2D eigenvalue weighted by Gasteiger charge is -2.06. The fourth-order valence-corrected chi connectivity index (χ4v) is 1.79. The lowest BCUT2D eigenvalue weighted by atomic mass is 10.2. The lowest BCUT2D eigenvalue weighted by Crippen LogP contribution is -2.11. The van der Waals surface area contributed by atoms with E-state index in [1.165, 1.54) is 18.2 Å². The van der Waals surface area contributed by atoms with Crippen LogP contribution < -0.4 is 5.32 Å². The molecule has 0 saturated heterocycles. The molecule has 2 N–H and O–H groups in total. The van der Waals surface area contributed by atoms with Crippen molar-refractivity contribution in [1.29, 1.82) is 0 Å². The van der Waals surface area contributed by atoms with Gasteiger partial charge in [0.15, 0.2) is 0 Å². The van der Waals surface area contributed by atoms with E-state index in [1.54, 1.807) is 24.3 Å². The molecule has 0 heterocycles. The number of phenolic OH excluding ortho intramolecular Hbond substituents is 1. The number of halogens is 2. The summed E-state index contributed by atoms with van der Waals surface area (Å²) in [6, 6.07) is 11.1. The van der Waals surface area contributed by atoms with Crippen LogP contribution in [0.15, 0.2) is 42.5 Å². The van der Waals surface area contributed by atoms with E-state index < -0.39 is 0 Å². The van der Waals surface area contributed by atoms with Crippen LogP contribution in [0.4, 0.5) is 5.69 Å². The molecule has 2 aromatic rings. The molecule has 3 nitrogen and oxygen atoms in total. The predicted molar refractivity (Wildman–Crippen MR) is 72.5 cm³/mol. The molecule has 2 aromatic carbocycles. The van der Waals surface area contributed by atoms with Crippen molar-refractivity contribution in [2.45, 2.75) is 0 Å². The molecule has 2 rings (SSSR count). The smallest absolute Gasteiger partial charge is 0.255 e. The lowest BCUT2D eigenvalue weighted by molar-refractivity contribution is 0.102. The molecule has 0 aliphatic rings. The second-order valence-corrected chi connectivity index (χ2v) is 4.47. The monoisotopic (exact) mass is 281 g/mol. The maximum atomic E-state index is 11.9. The van der Waals surface area contributed by atoms with E-state index in [4.69, 9.17) is 23.2 Å². The molecule has 0 fully saturated rings. The van der Waals surface area contributed by atoms with Gasteiger partial charge in [0.25, 0.3) is 5.91 Å². The van der Waals surface area contributed by atoms with Gasteiger partial charge in [-0.3, -0.25) is 4.79 Å². The Morgan fingerprint density at radius 1 is 1.11 bits per heavy atom. The number of hydrogen-bond acceptors (Lipinski definition) is 2. The standard InChI is InChI=1S/C13H9Cl2NO2/c14-9-2-1-3-10(7-9)16-13(18)8-4-5-12(17)11(15)6-8/h1-7,17H,(H,16,18). The maximum Gasteiger partial charge on any atom is 0.255 e. The van der Waals surface area contributed by atoms with Crippen LogP contribution >= 0.6 is 23.2 Å². The summed E-state index contributed by atoms with van der Waals surface area (Å²) in [4.78, 5) is 11.9. The summed E-state index contributed by atoms with van der Waals surface area (Å²) in [5, 5.41) is 12.6. The topological polar surface area (TPSA) is 49.3 Å². The Labute approximate surface area is 114 Å². The average Bonchev–Trinajstić information content (AvgIpc) is 2.32. The van der Waals surface area contributed by atoms with Crippen molar-refractivity contribution < 1.29 is 9.90 Å². The first kappa shape index (κ1) is 12.7. The Bertz CT molecular complexity index is 599. The molecule has 0 saturated carbocycles. The summed E-state index contributed by atoms with van der Waals surface area (Å²) in [6.07, 6.45) is 0. The SMILES string of the molecule is O=C(Nc1cccc(Cl)c1)c1ccc(O)c(Cl)c1. The third kappa shape index (κ3) is 2.94. The highest BCUT2D eigenvalue weighted by atomic mass is 35.5. The highest BCUT2D eigenvalue weighted by Crippen LogP contribution is 2.24. The number of hydrogen-bond donors (Lipinski definition) is 2. The number of carbonyl (C=O) groups excluding carboxylic acids is 1. The van der Waals surface area contributed by atoms with E-state index in [-0.39, 0.29) is 16.7 Å². The average molecular weight is 282 g/mol. The van der Waals surface area contributed by atoms with Crippen LogP contribution in [-0.4, -0.2) is 11.0 Å². The van der Waals surface area contributed by atoms with Gasteiger partial charge in [-0.25, -0.2) is 0 Å². The molecule has 5 heteroatoms. The van der Waals surface area contributed by atoms with Gasteiger partial charge in [0.2, 0.25) is 0 Å². The highest BCUT2D eigenvalue weighted by molar-refractivity contribution is 6.32. The molecule has 92 valence electrons. The number of carbonyl (C=O) groups is 1. The van der Waals surface area contributed by atoms with Crippen LogP contribution in [0.2, 0.25) is 10.0 Å². The number of rotatable bonds is 2. The molecule has 0 unspecified atom stereocenters. The third-order valence-corrected chi connectivity index (χ3v) is 2.83. The molecule has 0 spiro atoms. The van der Waals surface area contributed by atoms with E-state index in [2.05, 4.69) is 5.32 Å². The zero-order valence-corrected chi connectivity index (χ0v) is 10.7. The fraction of sp³-hybridized carbons (Fsp3) is 0. The largest absolute Gasteiger partial charge is 0.506 e. The van der Waals surface area contributed by atoms with Crippen molar-refractivity contribution in [3.05, 3.63) is 58.1 Å². The molecule has 0 bridgehead atoms. The zero-order valence-electron chi connectivity index (χ0n) is 9.15. The Morgan fingerprint density at radius 3 is 2.56 bits per heavy atom. The van der Waals surface area contributed by atoms with Gasteiger partial charge in [0, 0.05) is 16.3 Å². The number of benzene rings is 2. The normalized spacial score (nSPS) is 10.1. The molecule has 0 aromatic heterocycles. The summed E-state index contributed by atoms with van der Waals surface area (Å²) in [7, 11) is 0.